The van der Waals surface area contributed by atoms with Gasteiger partial charge in [0.15, 0.2) is 0 Å². The predicted octanol–water partition coefficient (Wildman–Crippen LogP) is 3.73. The molecule has 0 saturated carbocycles. The number of thioether (sulfide) groups is 1. The number of amides is 1. The fraction of sp³-hybridized carbons (Fsp3) is 0.188. The minimum Gasteiger partial charge on any atom is -0.410 e. The Morgan fingerprint density at radius 2 is 2.12 bits per heavy atom. The van der Waals surface area contributed by atoms with Crippen molar-refractivity contribution in [1.29, 1.82) is 0 Å². The maximum absolute atomic E-state index is 12.8. The maximum Gasteiger partial charge on any atom is 0.277 e. The largest absolute Gasteiger partial charge is 0.410 e. The lowest BCUT2D eigenvalue weighted by molar-refractivity contribution is -0.120. The summed E-state index contributed by atoms with van der Waals surface area (Å²) in [4.78, 5) is 13.0. The number of benzene rings is 1. The molecule has 0 aliphatic rings. The Morgan fingerprint density at radius 3 is 2.83 bits per heavy atom. The second-order valence-corrected chi connectivity index (χ2v) is 7.19. The van der Waals surface area contributed by atoms with E-state index in [4.69, 9.17) is 4.42 Å². The van der Waals surface area contributed by atoms with Crippen molar-refractivity contribution in [2.75, 3.05) is 0 Å². The topological polar surface area (TPSA) is 68.0 Å². The van der Waals surface area contributed by atoms with Crippen LogP contribution in [0, 0.1) is 5.82 Å². The van der Waals surface area contributed by atoms with Gasteiger partial charge in [0, 0.05) is 6.54 Å². The Labute approximate surface area is 146 Å². The zero-order valence-corrected chi connectivity index (χ0v) is 14.4. The molecule has 2 aromatic heterocycles. The van der Waals surface area contributed by atoms with Crippen LogP contribution in [-0.4, -0.2) is 21.4 Å². The highest BCUT2D eigenvalue weighted by Gasteiger charge is 2.18. The molecule has 0 fully saturated rings. The standard InChI is InChI=1S/C16H14FN3O2S2/c1-10(14(21)18-9-11-4-6-12(17)7-5-11)24-16-20-19-15(22-16)13-3-2-8-23-13/h2-8,10H,9H2,1H3,(H,18,21)/t10-/m1/s1. The SMILES string of the molecule is C[C@@H](Sc1nnc(-c2cccs2)o1)C(=O)NCc1ccc(F)cc1. The molecular weight excluding hydrogens is 349 g/mol. The van der Waals surface area contributed by atoms with Gasteiger partial charge in [-0.15, -0.1) is 21.5 Å². The van der Waals surface area contributed by atoms with E-state index in [-0.39, 0.29) is 17.0 Å². The van der Waals surface area contributed by atoms with Gasteiger partial charge in [-0.3, -0.25) is 4.79 Å². The van der Waals surface area contributed by atoms with E-state index in [2.05, 4.69) is 15.5 Å². The molecule has 0 bridgehead atoms. The number of carbonyl (C=O) groups is 1. The number of thiophene rings is 1. The number of hydrogen-bond acceptors (Lipinski definition) is 6. The number of rotatable bonds is 6. The summed E-state index contributed by atoms with van der Waals surface area (Å²) in [5.74, 6) is -0.00134. The molecule has 2 heterocycles. The summed E-state index contributed by atoms with van der Waals surface area (Å²) >= 11 is 2.71. The van der Waals surface area contributed by atoms with Gasteiger partial charge in [0.25, 0.3) is 11.1 Å². The highest BCUT2D eigenvalue weighted by atomic mass is 32.2. The lowest BCUT2D eigenvalue weighted by atomic mass is 10.2. The Bertz CT molecular complexity index is 803. The summed E-state index contributed by atoms with van der Waals surface area (Å²) < 4.78 is 18.4. The van der Waals surface area contributed by atoms with Crippen LogP contribution in [0.25, 0.3) is 10.8 Å². The lowest BCUT2D eigenvalue weighted by Gasteiger charge is -2.09. The van der Waals surface area contributed by atoms with Gasteiger partial charge in [-0.25, -0.2) is 4.39 Å². The first kappa shape index (κ1) is 16.7. The van der Waals surface area contributed by atoms with Crippen LogP contribution in [0.3, 0.4) is 0 Å². The van der Waals surface area contributed by atoms with Crippen LogP contribution in [0.2, 0.25) is 0 Å². The van der Waals surface area contributed by atoms with E-state index in [1.165, 1.54) is 35.2 Å². The Kier molecular flexibility index (Phi) is 5.27. The first-order valence-electron chi connectivity index (χ1n) is 7.18. The van der Waals surface area contributed by atoms with Gasteiger partial charge < -0.3 is 9.73 Å². The second-order valence-electron chi connectivity index (χ2n) is 4.95. The number of halogens is 1. The molecule has 1 N–H and O–H groups in total. The van der Waals surface area contributed by atoms with Gasteiger partial charge in [-0.2, -0.15) is 0 Å². The van der Waals surface area contributed by atoms with E-state index >= 15 is 0 Å². The van der Waals surface area contributed by atoms with Gasteiger partial charge >= 0.3 is 0 Å². The fourth-order valence-corrected chi connectivity index (χ4v) is 3.25. The maximum atomic E-state index is 12.8. The van der Waals surface area contributed by atoms with Gasteiger partial charge in [0.1, 0.15) is 5.82 Å². The van der Waals surface area contributed by atoms with Crippen molar-refractivity contribution >= 4 is 29.0 Å². The zero-order valence-electron chi connectivity index (χ0n) is 12.7. The van der Waals surface area contributed by atoms with Gasteiger partial charge in [0.2, 0.25) is 5.91 Å². The molecule has 0 aliphatic heterocycles. The van der Waals surface area contributed by atoms with E-state index in [1.807, 2.05) is 17.5 Å². The molecule has 1 amide bonds. The van der Waals surface area contributed by atoms with E-state index in [1.54, 1.807) is 19.1 Å². The zero-order chi connectivity index (χ0) is 16.9. The smallest absolute Gasteiger partial charge is 0.277 e. The summed E-state index contributed by atoms with van der Waals surface area (Å²) in [5, 5.41) is 12.6. The van der Waals surface area contributed by atoms with Gasteiger partial charge in [-0.1, -0.05) is 30.0 Å². The van der Waals surface area contributed by atoms with Crippen LogP contribution in [0.1, 0.15) is 12.5 Å². The molecule has 0 radical (unpaired) electrons. The monoisotopic (exact) mass is 363 g/mol. The third-order valence-electron chi connectivity index (χ3n) is 3.17. The summed E-state index contributed by atoms with van der Waals surface area (Å²) in [7, 11) is 0. The van der Waals surface area contributed by atoms with Crippen molar-refractivity contribution < 1.29 is 13.6 Å². The molecule has 24 heavy (non-hydrogen) atoms. The van der Waals surface area contributed by atoms with Crippen LogP contribution in [0.4, 0.5) is 4.39 Å². The predicted molar refractivity (Wildman–Crippen MR) is 91.2 cm³/mol. The highest BCUT2D eigenvalue weighted by molar-refractivity contribution is 8.00. The van der Waals surface area contributed by atoms with Crippen molar-refractivity contribution in [3.63, 3.8) is 0 Å². The molecule has 5 nitrogen and oxygen atoms in total. The fourth-order valence-electron chi connectivity index (χ4n) is 1.90. The molecule has 1 aromatic carbocycles. The molecular formula is C16H14FN3O2S2. The lowest BCUT2D eigenvalue weighted by Crippen LogP contribution is -2.30. The molecule has 8 heteroatoms. The third-order valence-corrected chi connectivity index (χ3v) is 4.96. The summed E-state index contributed by atoms with van der Waals surface area (Å²) in [6.07, 6.45) is 0. The minimum atomic E-state index is -0.387. The first-order valence-corrected chi connectivity index (χ1v) is 8.94. The van der Waals surface area contributed by atoms with Crippen molar-refractivity contribution in [1.82, 2.24) is 15.5 Å². The Hall–Kier alpha value is -2.19. The van der Waals surface area contributed by atoms with Crippen LogP contribution in [0.15, 0.2) is 51.4 Å². The van der Waals surface area contributed by atoms with Gasteiger partial charge in [-0.05, 0) is 36.1 Å². The average Bonchev–Trinajstić information content (AvgIpc) is 3.25. The normalized spacial score (nSPS) is 12.1. The number of carbonyl (C=O) groups excluding carboxylic acids is 1. The van der Waals surface area contributed by atoms with Crippen LogP contribution in [-0.2, 0) is 11.3 Å². The molecule has 3 aromatic rings. The molecule has 1 atom stereocenters. The first-order chi connectivity index (χ1) is 11.6. The molecule has 124 valence electrons. The van der Waals surface area contributed by atoms with E-state index in [0.717, 1.165) is 10.4 Å². The molecule has 0 spiro atoms. The van der Waals surface area contributed by atoms with E-state index in [0.29, 0.717) is 17.7 Å². The van der Waals surface area contributed by atoms with Crippen LogP contribution in [0.5, 0.6) is 0 Å². The van der Waals surface area contributed by atoms with E-state index in [9.17, 15) is 9.18 Å². The van der Waals surface area contributed by atoms with Crippen LogP contribution >= 0.6 is 23.1 Å². The Morgan fingerprint density at radius 1 is 1.33 bits per heavy atom. The third kappa shape index (κ3) is 4.21. The minimum absolute atomic E-state index is 0.153. The number of nitrogens with zero attached hydrogens (tertiary/aromatic N) is 2. The van der Waals surface area contributed by atoms with Crippen molar-refractivity contribution in [2.24, 2.45) is 0 Å². The number of nitrogens with one attached hydrogen (secondary N) is 1. The summed E-state index contributed by atoms with van der Waals surface area (Å²) in [5.41, 5.74) is 0.833. The quantitative estimate of drug-likeness (QED) is 0.676. The van der Waals surface area contributed by atoms with Crippen molar-refractivity contribution in [2.45, 2.75) is 23.9 Å². The second kappa shape index (κ2) is 7.59. The molecule has 3 rings (SSSR count). The van der Waals surface area contributed by atoms with Crippen molar-refractivity contribution in [3.8, 4) is 10.8 Å². The molecule has 0 unspecified atom stereocenters. The van der Waals surface area contributed by atoms with E-state index < -0.39 is 0 Å². The molecule has 0 saturated heterocycles. The van der Waals surface area contributed by atoms with Crippen molar-refractivity contribution in [3.05, 3.63) is 53.2 Å². The average molecular weight is 363 g/mol. The number of hydrogen-bond donors (Lipinski definition) is 1. The summed E-state index contributed by atoms with van der Waals surface area (Å²) in [6, 6.07) is 9.81. The Balaban J connectivity index is 1.53. The highest BCUT2D eigenvalue weighted by Crippen LogP contribution is 2.28. The summed E-state index contributed by atoms with van der Waals surface area (Å²) in [6.45, 7) is 2.11. The van der Waals surface area contributed by atoms with Gasteiger partial charge in [0.05, 0.1) is 10.1 Å². The molecule has 0 aliphatic carbocycles. The number of aromatic nitrogens is 2. The van der Waals surface area contributed by atoms with Crippen LogP contribution < -0.4 is 5.32 Å².